The summed E-state index contributed by atoms with van der Waals surface area (Å²) >= 11 is 0. The maximum absolute atomic E-state index is 12.4. The van der Waals surface area contributed by atoms with E-state index in [9.17, 15) is 19.8 Å². The van der Waals surface area contributed by atoms with Gasteiger partial charge in [-0.25, -0.2) is 4.79 Å². The Balaban J connectivity index is 1.39. The third-order valence-electron chi connectivity index (χ3n) is 7.02. The molecule has 4 aromatic carbocycles. The summed E-state index contributed by atoms with van der Waals surface area (Å²) in [5, 5.41) is 27.4. The van der Waals surface area contributed by atoms with Crippen molar-refractivity contribution in [2.75, 3.05) is 6.61 Å². The number of hydrogen-bond acceptors (Lipinski definition) is 6. The van der Waals surface area contributed by atoms with Crippen LogP contribution in [0.4, 0.5) is 0 Å². The Morgan fingerprint density at radius 3 is 2.40 bits per heavy atom. The minimum absolute atomic E-state index is 0.158. The molecule has 0 radical (unpaired) electrons. The van der Waals surface area contributed by atoms with E-state index in [1.165, 1.54) is 34.0 Å². The lowest BCUT2D eigenvalue weighted by Crippen LogP contribution is -2.39. The number of hydrogen-bond donors (Lipinski definition) is 3. The number of rotatable bonds is 5. The number of aromatic nitrogens is 2. The highest BCUT2D eigenvalue weighted by Crippen LogP contribution is 2.38. The smallest absolute Gasteiger partial charge is 0.330 e. The van der Waals surface area contributed by atoms with Crippen LogP contribution in [-0.2, 0) is 16.1 Å². The van der Waals surface area contributed by atoms with Gasteiger partial charge in [0.2, 0.25) is 0 Å². The number of aromatic amines is 1. The zero-order chi connectivity index (χ0) is 24.3. The van der Waals surface area contributed by atoms with E-state index in [-0.39, 0.29) is 6.61 Å². The van der Waals surface area contributed by atoms with Crippen LogP contribution in [0.15, 0.2) is 70.4 Å². The topological polar surface area (TPSA) is 114 Å². The number of ether oxygens (including phenoxy) is 2. The van der Waals surface area contributed by atoms with Gasteiger partial charge in [-0.05, 0) is 50.4 Å². The first kappa shape index (κ1) is 21.9. The number of aliphatic hydroxyl groups excluding tert-OH is 2. The van der Waals surface area contributed by atoms with Crippen molar-refractivity contribution in [2.45, 2.75) is 38.1 Å². The fraction of sp³-hybridized carbons (Fsp3) is 0.259. The molecule has 0 spiro atoms. The van der Waals surface area contributed by atoms with Crippen LogP contribution in [0, 0.1) is 6.92 Å². The van der Waals surface area contributed by atoms with Gasteiger partial charge in [-0.1, -0.05) is 48.5 Å². The van der Waals surface area contributed by atoms with Crippen LogP contribution < -0.4 is 11.2 Å². The quantitative estimate of drug-likeness (QED) is 0.339. The summed E-state index contributed by atoms with van der Waals surface area (Å²) in [7, 11) is 0. The second-order valence-electron chi connectivity index (χ2n) is 9.06. The van der Waals surface area contributed by atoms with Gasteiger partial charge in [-0.2, -0.15) is 0 Å². The van der Waals surface area contributed by atoms with E-state index in [1.807, 2.05) is 6.07 Å². The lowest BCUT2D eigenvalue weighted by molar-refractivity contribution is -0.0795. The highest BCUT2D eigenvalue weighted by Gasteiger charge is 2.45. The van der Waals surface area contributed by atoms with Crippen LogP contribution in [0.2, 0.25) is 0 Å². The third-order valence-corrected chi connectivity index (χ3v) is 7.02. The van der Waals surface area contributed by atoms with Crippen LogP contribution in [0.3, 0.4) is 0 Å². The van der Waals surface area contributed by atoms with Crippen molar-refractivity contribution in [1.29, 1.82) is 0 Å². The van der Waals surface area contributed by atoms with Crippen molar-refractivity contribution in [3.8, 4) is 0 Å². The van der Waals surface area contributed by atoms with Gasteiger partial charge in [-0.3, -0.25) is 14.3 Å². The van der Waals surface area contributed by atoms with Gasteiger partial charge in [0.05, 0.1) is 13.2 Å². The number of nitrogens with zero attached hydrogens (tertiary/aromatic N) is 1. The first-order valence-corrected chi connectivity index (χ1v) is 11.5. The second-order valence-corrected chi connectivity index (χ2v) is 9.06. The SMILES string of the molecule is Cc1ccc2ccc3ccc(COC4C(O)[C@H](CO)O[C@@H]4n4ccc(=O)[nH]c4=O)c4ccc1c2c34. The van der Waals surface area contributed by atoms with Crippen molar-refractivity contribution in [1.82, 2.24) is 9.55 Å². The molecular formula is C27H24N2O6. The predicted molar refractivity (Wildman–Crippen MR) is 132 cm³/mol. The molecule has 8 nitrogen and oxygen atoms in total. The maximum atomic E-state index is 12.4. The molecule has 1 saturated heterocycles. The summed E-state index contributed by atoms with van der Waals surface area (Å²) in [4.78, 5) is 26.1. The Morgan fingerprint density at radius 2 is 1.66 bits per heavy atom. The molecule has 3 N–H and O–H groups in total. The maximum Gasteiger partial charge on any atom is 0.330 e. The van der Waals surface area contributed by atoms with Gasteiger partial charge >= 0.3 is 5.69 Å². The van der Waals surface area contributed by atoms with E-state index >= 15 is 0 Å². The third kappa shape index (κ3) is 3.45. The normalized spacial score (nSPS) is 22.6. The number of benzene rings is 4. The Labute approximate surface area is 199 Å². The average Bonchev–Trinajstić information content (AvgIpc) is 3.17. The second kappa shape index (κ2) is 8.28. The number of aliphatic hydroxyl groups is 2. The van der Waals surface area contributed by atoms with E-state index < -0.39 is 42.4 Å². The molecular weight excluding hydrogens is 448 g/mol. The molecule has 2 heterocycles. The van der Waals surface area contributed by atoms with Crippen molar-refractivity contribution in [3.05, 3.63) is 92.8 Å². The fourth-order valence-electron chi connectivity index (χ4n) is 5.22. The highest BCUT2D eigenvalue weighted by atomic mass is 16.6. The van der Waals surface area contributed by atoms with E-state index in [0.717, 1.165) is 26.3 Å². The Hall–Kier alpha value is -3.56. The molecule has 0 bridgehead atoms. The van der Waals surface area contributed by atoms with Gasteiger partial charge in [0.1, 0.15) is 18.3 Å². The average molecular weight is 472 g/mol. The van der Waals surface area contributed by atoms with Crippen LogP contribution in [0.25, 0.3) is 32.3 Å². The van der Waals surface area contributed by atoms with Gasteiger partial charge in [0, 0.05) is 12.3 Å². The predicted octanol–water partition coefficient (Wildman–Crippen LogP) is 2.58. The number of aryl methyl sites for hydroxylation is 1. The molecule has 2 unspecified atom stereocenters. The summed E-state index contributed by atoms with van der Waals surface area (Å²) in [6, 6.07) is 18.0. The van der Waals surface area contributed by atoms with Crippen LogP contribution in [0.1, 0.15) is 17.4 Å². The lowest BCUT2D eigenvalue weighted by atomic mass is 9.90. The molecule has 4 atom stereocenters. The van der Waals surface area contributed by atoms with Crippen molar-refractivity contribution < 1.29 is 19.7 Å². The lowest BCUT2D eigenvalue weighted by Gasteiger charge is -2.23. The summed E-state index contributed by atoms with van der Waals surface area (Å²) in [5.41, 5.74) is 0.925. The summed E-state index contributed by atoms with van der Waals surface area (Å²) < 4.78 is 13.1. The number of H-pyrrole nitrogens is 1. The molecule has 0 saturated carbocycles. The van der Waals surface area contributed by atoms with E-state index in [2.05, 4.69) is 54.4 Å². The molecule has 1 aliphatic heterocycles. The van der Waals surface area contributed by atoms with E-state index in [0.29, 0.717) is 0 Å². The zero-order valence-corrected chi connectivity index (χ0v) is 19.0. The summed E-state index contributed by atoms with van der Waals surface area (Å²) in [6.07, 6.45) is -2.72. The van der Waals surface area contributed by atoms with E-state index in [4.69, 9.17) is 9.47 Å². The molecule has 35 heavy (non-hydrogen) atoms. The minimum atomic E-state index is -1.16. The minimum Gasteiger partial charge on any atom is -0.394 e. The molecule has 0 amide bonds. The molecule has 1 aromatic heterocycles. The van der Waals surface area contributed by atoms with Crippen molar-refractivity contribution in [3.63, 3.8) is 0 Å². The van der Waals surface area contributed by atoms with E-state index in [1.54, 1.807) is 0 Å². The zero-order valence-electron chi connectivity index (χ0n) is 19.0. The Bertz CT molecular complexity index is 1670. The molecule has 5 aromatic rings. The largest absolute Gasteiger partial charge is 0.394 e. The first-order chi connectivity index (χ1) is 17.0. The van der Waals surface area contributed by atoms with Crippen LogP contribution in [-0.4, -0.2) is 44.7 Å². The van der Waals surface area contributed by atoms with Crippen molar-refractivity contribution >= 4 is 32.3 Å². The first-order valence-electron chi connectivity index (χ1n) is 11.5. The molecule has 0 aliphatic carbocycles. The van der Waals surface area contributed by atoms with Crippen LogP contribution in [0.5, 0.6) is 0 Å². The van der Waals surface area contributed by atoms with Gasteiger partial charge in [0.15, 0.2) is 6.23 Å². The summed E-state index contributed by atoms with van der Waals surface area (Å²) in [5.74, 6) is 0. The fourth-order valence-corrected chi connectivity index (χ4v) is 5.22. The standard InChI is InChI=1S/C27H24N2O6/c1-14-2-3-15-4-5-16-6-7-17(19-9-8-18(14)22(15)23(16)19)13-34-25-24(32)20(12-30)35-26(25)29-11-10-21(31)28-27(29)33/h2-11,20,24-26,30,32H,12-13H2,1H3,(H,28,31,33)/t20-,24?,25?,26-/m0/s1. The number of nitrogens with one attached hydrogen (secondary N) is 1. The molecule has 6 rings (SSSR count). The Kier molecular flexibility index (Phi) is 5.19. The van der Waals surface area contributed by atoms with Gasteiger partial charge < -0.3 is 19.7 Å². The molecule has 1 aliphatic rings. The molecule has 1 fully saturated rings. The van der Waals surface area contributed by atoms with Crippen LogP contribution >= 0.6 is 0 Å². The van der Waals surface area contributed by atoms with Crippen molar-refractivity contribution in [2.24, 2.45) is 0 Å². The summed E-state index contributed by atoms with van der Waals surface area (Å²) in [6.45, 7) is 1.83. The monoisotopic (exact) mass is 472 g/mol. The van der Waals surface area contributed by atoms with Gasteiger partial charge in [-0.15, -0.1) is 0 Å². The van der Waals surface area contributed by atoms with Gasteiger partial charge in [0.25, 0.3) is 5.56 Å². The molecule has 178 valence electrons. The molecule has 8 heteroatoms. The highest BCUT2D eigenvalue weighted by molar-refractivity contribution is 6.24. The Morgan fingerprint density at radius 1 is 0.971 bits per heavy atom.